The summed E-state index contributed by atoms with van der Waals surface area (Å²) < 4.78 is 0. The van der Waals surface area contributed by atoms with Gasteiger partial charge in [-0.15, -0.1) is 0 Å². The largest absolute Gasteiger partial charge is 0.353 e. The second-order valence-corrected chi connectivity index (χ2v) is 6.20. The van der Waals surface area contributed by atoms with Crippen molar-refractivity contribution in [3.8, 4) is 0 Å². The molecule has 0 radical (unpaired) electrons. The van der Waals surface area contributed by atoms with Gasteiger partial charge in [-0.3, -0.25) is 4.79 Å². The summed E-state index contributed by atoms with van der Waals surface area (Å²) in [6, 6.07) is 0.209. The second-order valence-electron chi connectivity index (χ2n) is 6.20. The van der Waals surface area contributed by atoms with Crippen LogP contribution in [-0.4, -0.2) is 11.9 Å². The van der Waals surface area contributed by atoms with Crippen molar-refractivity contribution in [3.05, 3.63) is 0 Å². The lowest BCUT2D eigenvalue weighted by atomic mass is 9.84. The van der Waals surface area contributed by atoms with E-state index < -0.39 is 0 Å². The van der Waals surface area contributed by atoms with Gasteiger partial charge in [-0.2, -0.15) is 0 Å². The van der Waals surface area contributed by atoms with Crippen LogP contribution in [0.4, 0.5) is 0 Å². The van der Waals surface area contributed by atoms with E-state index in [9.17, 15) is 4.79 Å². The molecule has 90 valence electrons. The fraction of sp³-hybridized carbons (Fsp3) is 0.923. The standard InChI is InChI=1S/C13H27NO/c1-8-9-13(6,7)11(15)14-10(2)12(3,4)5/h10H,8-9H2,1-7H3,(H,14,15). The summed E-state index contributed by atoms with van der Waals surface area (Å²) in [6.07, 6.45) is 1.99. The summed E-state index contributed by atoms with van der Waals surface area (Å²) in [6.45, 7) is 14.6. The zero-order valence-corrected chi connectivity index (χ0v) is 11.4. The molecule has 15 heavy (non-hydrogen) atoms. The molecule has 0 aromatic heterocycles. The molecule has 2 heteroatoms. The van der Waals surface area contributed by atoms with E-state index in [4.69, 9.17) is 0 Å². The first kappa shape index (κ1) is 14.5. The summed E-state index contributed by atoms with van der Waals surface area (Å²) in [4.78, 5) is 12.0. The van der Waals surface area contributed by atoms with E-state index in [1.807, 2.05) is 13.8 Å². The molecule has 0 aromatic rings. The van der Waals surface area contributed by atoms with E-state index in [1.165, 1.54) is 0 Å². The summed E-state index contributed by atoms with van der Waals surface area (Å²) in [5.41, 5.74) is -0.119. The third-order valence-corrected chi connectivity index (χ3v) is 3.14. The molecule has 1 amide bonds. The lowest BCUT2D eigenvalue weighted by Crippen LogP contribution is -2.46. The summed E-state index contributed by atoms with van der Waals surface area (Å²) in [5, 5.41) is 3.11. The Morgan fingerprint density at radius 1 is 1.20 bits per heavy atom. The van der Waals surface area contributed by atoms with Gasteiger partial charge in [0.05, 0.1) is 0 Å². The Balaban J connectivity index is 4.37. The van der Waals surface area contributed by atoms with Crippen LogP contribution in [0, 0.1) is 10.8 Å². The van der Waals surface area contributed by atoms with Crippen molar-refractivity contribution in [1.29, 1.82) is 0 Å². The van der Waals surface area contributed by atoms with E-state index in [0.29, 0.717) is 0 Å². The first-order valence-electron chi connectivity index (χ1n) is 5.92. The van der Waals surface area contributed by atoms with Gasteiger partial charge in [-0.05, 0) is 18.8 Å². The molecule has 0 saturated heterocycles. The van der Waals surface area contributed by atoms with Crippen LogP contribution in [0.1, 0.15) is 61.3 Å². The van der Waals surface area contributed by atoms with Crippen LogP contribution < -0.4 is 5.32 Å². The average molecular weight is 213 g/mol. The van der Waals surface area contributed by atoms with Crippen LogP contribution in [0.2, 0.25) is 0 Å². The van der Waals surface area contributed by atoms with Crippen LogP contribution in [0.25, 0.3) is 0 Å². The molecule has 1 N–H and O–H groups in total. The van der Waals surface area contributed by atoms with Gasteiger partial charge in [-0.25, -0.2) is 0 Å². The molecule has 0 aliphatic heterocycles. The lowest BCUT2D eigenvalue weighted by molar-refractivity contribution is -0.131. The Morgan fingerprint density at radius 2 is 1.67 bits per heavy atom. The van der Waals surface area contributed by atoms with E-state index >= 15 is 0 Å². The molecule has 0 heterocycles. The van der Waals surface area contributed by atoms with Crippen LogP contribution in [0.5, 0.6) is 0 Å². The number of hydrogen-bond acceptors (Lipinski definition) is 1. The number of amides is 1. The first-order chi connectivity index (χ1) is 6.61. The molecule has 0 spiro atoms. The maximum Gasteiger partial charge on any atom is 0.225 e. The summed E-state index contributed by atoms with van der Waals surface area (Å²) >= 11 is 0. The number of rotatable bonds is 4. The Labute approximate surface area is 94.8 Å². The second kappa shape index (κ2) is 5.00. The van der Waals surface area contributed by atoms with Gasteiger partial charge in [0.25, 0.3) is 0 Å². The van der Waals surface area contributed by atoms with Gasteiger partial charge in [0.15, 0.2) is 0 Å². The maximum atomic E-state index is 12.0. The van der Waals surface area contributed by atoms with Gasteiger partial charge in [0.2, 0.25) is 5.91 Å². The molecule has 0 aromatic carbocycles. The normalized spacial score (nSPS) is 14.9. The smallest absolute Gasteiger partial charge is 0.225 e. The lowest BCUT2D eigenvalue weighted by Gasteiger charge is -2.32. The SMILES string of the molecule is CCCC(C)(C)C(=O)NC(C)C(C)(C)C. The van der Waals surface area contributed by atoms with E-state index in [-0.39, 0.29) is 22.8 Å². The van der Waals surface area contributed by atoms with Crippen LogP contribution >= 0.6 is 0 Å². The molecule has 0 fully saturated rings. The topological polar surface area (TPSA) is 29.1 Å². The minimum Gasteiger partial charge on any atom is -0.353 e. The minimum absolute atomic E-state index is 0.123. The number of nitrogens with one attached hydrogen (secondary N) is 1. The Kier molecular flexibility index (Phi) is 4.82. The van der Waals surface area contributed by atoms with Gasteiger partial charge in [0.1, 0.15) is 0 Å². The molecule has 0 rings (SSSR count). The fourth-order valence-corrected chi connectivity index (χ4v) is 1.35. The monoisotopic (exact) mass is 213 g/mol. The minimum atomic E-state index is -0.242. The quantitative estimate of drug-likeness (QED) is 0.762. The van der Waals surface area contributed by atoms with E-state index in [2.05, 4.69) is 39.9 Å². The number of hydrogen-bond donors (Lipinski definition) is 1. The van der Waals surface area contributed by atoms with Crippen molar-refractivity contribution in [1.82, 2.24) is 5.32 Å². The van der Waals surface area contributed by atoms with Gasteiger partial charge in [-0.1, -0.05) is 48.0 Å². The van der Waals surface area contributed by atoms with Crippen molar-refractivity contribution in [2.45, 2.75) is 67.3 Å². The Morgan fingerprint density at radius 3 is 2.00 bits per heavy atom. The molecule has 2 nitrogen and oxygen atoms in total. The van der Waals surface area contributed by atoms with E-state index in [1.54, 1.807) is 0 Å². The van der Waals surface area contributed by atoms with Gasteiger partial charge >= 0.3 is 0 Å². The van der Waals surface area contributed by atoms with Crippen molar-refractivity contribution in [2.75, 3.05) is 0 Å². The molecule has 0 aliphatic carbocycles. The molecular formula is C13H27NO. The van der Waals surface area contributed by atoms with Crippen LogP contribution in [0.15, 0.2) is 0 Å². The zero-order chi connectivity index (χ0) is 12.3. The third kappa shape index (κ3) is 4.67. The van der Waals surface area contributed by atoms with Crippen LogP contribution in [-0.2, 0) is 4.79 Å². The molecule has 0 aliphatic rings. The first-order valence-corrected chi connectivity index (χ1v) is 5.92. The Bertz CT molecular complexity index is 213. The van der Waals surface area contributed by atoms with Gasteiger partial charge < -0.3 is 5.32 Å². The molecule has 1 unspecified atom stereocenters. The fourth-order valence-electron chi connectivity index (χ4n) is 1.35. The molecule has 0 bridgehead atoms. The van der Waals surface area contributed by atoms with Crippen molar-refractivity contribution in [3.63, 3.8) is 0 Å². The van der Waals surface area contributed by atoms with Crippen molar-refractivity contribution >= 4 is 5.91 Å². The maximum absolute atomic E-state index is 12.0. The zero-order valence-electron chi connectivity index (χ0n) is 11.4. The van der Waals surface area contributed by atoms with Gasteiger partial charge in [0, 0.05) is 11.5 Å². The molecule has 0 saturated carbocycles. The third-order valence-electron chi connectivity index (χ3n) is 3.14. The summed E-state index contributed by atoms with van der Waals surface area (Å²) in [5.74, 6) is 0.173. The van der Waals surface area contributed by atoms with Crippen molar-refractivity contribution in [2.24, 2.45) is 10.8 Å². The Hall–Kier alpha value is -0.530. The number of carbonyl (C=O) groups excluding carboxylic acids is 1. The van der Waals surface area contributed by atoms with Crippen LogP contribution in [0.3, 0.4) is 0 Å². The highest BCUT2D eigenvalue weighted by atomic mass is 16.2. The highest BCUT2D eigenvalue weighted by molar-refractivity contribution is 5.82. The highest BCUT2D eigenvalue weighted by Gasteiger charge is 2.30. The number of carbonyl (C=O) groups is 1. The van der Waals surface area contributed by atoms with E-state index in [0.717, 1.165) is 12.8 Å². The van der Waals surface area contributed by atoms with Crippen molar-refractivity contribution < 1.29 is 4.79 Å². The molecular weight excluding hydrogens is 186 g/mol. The highest BCUT2D eigenvalue weighted by Crippen LogP contribution is 2.25. The molecule has 1 atom stereocenters. The average Bonchev–Trinajstić information content (AvgIpc) is 2.01. The summed E-state index contributed by atoms with van der Waals surface area (Å²) in [7, 11) is 0. The predicted octanol–water partition coefficient (Wildman–Crippen LogP) is 3.36. The predicted molar refractivity (Wildman–Crippen MR) is 65.7 cm³/mol.